The predicted molar refractivity (Wildman–Crippen MR) is 61.1 cm³/mol. The molecule has 1 aromatic heterocycles. The Morgan fingerprint density at radius 2 is 2.29 bits per heavy atom. The fourth-order valence-corrected chi connectivity index (χ4v) is 2.35. The van der Waals surface area contributed by atoms with Gasteiger partial charge in [-0.05, 0) is 13.8 Å². The zero-order chi connectivity index (χ0) is 13.2. The lowest BCUT2D eigenvalue weighted by Crippen LogP contribution is -2.42. The molecule has 96 valence electrons. The summed E-state index contributed by atoms with van der Waals surface area (Å²) in [5.74, 6) is 0.350. The van der Waals surface area contributed by atoms with Crippen LogP contribution in [0.5, 0.6) is 0 Å². The number of sulfonamides is 1. The molecule has 0 spiro atoms. The van der Waals surface area contributed by atoms with Crippen LogP contribution < -0.4 is 10.5 Å². The van der Waals surface area contributed by atoms with Crippen molar-refractivity contribution in [2.45, 2.75) is 24.9 Å². The second-order valence-electron chi connectivity index (χ2n) is 3.61. The van der Waals surface area contributed by atoms with Crippen LogP contribution in [0.3, 0.4) is 0 Å². The van der Waals surface area contributed by atoms with Gasteiger partial charge in [0.15, 0.2) is 10.9 Å². The Morgan fingerprint density at radius 1 is 1.71 bits per heavy atom. The quantitative estimate of drug-likeness (QED) is 0.282. The molecule has 1 aromatic rings. The molecule has 0 aliphatic carbocycles. The molecule has 0 amide bonds. The van der Waals surface area contributed by atoms with Gasteiger partial charge in [0, 0.05) is 13.2 Å². The zero-order valence-corrected chi connectivity index (χ0v) is 10.6. The molecule has 8 nitrogen and oxygen atoms in total. The minimum atomic E-state index is -3.77. The maximum absolute atomic E-state index is 11.8. The van der Waals surface area contributed by atoms with Gasteiger partial charge >= 0.3 is 0 Å². The number of imidazole rings is 1. The van der Waals surface area contributed by atoms with Crippen LogP contribution in [0.25, 0.3) is 0 Å². The SMILES string of the molecule is Cc1nc(S(=O)(=O)NC(C)C(N)=NO)cn1C. The monoisotopic (exact) mass is 261 g/mol. The smallest absolute Gasteiger partial charge is 0.260 e. The maximum atomic E-state index is 11.8. The molecule has 0 saturated carbocycles. The first-order chi connectivity index (χ1) is 7.77. The molecule has 9 heteroatoms. The van der Waals surface area contributed by atoms with Crippen molar-refractivity contribution in [1.82, 2.24) is 14.3 Å². The Labute approximate surface area is 99.2 Å². The molecule has 0 aliphatic heterocycles. The van der Waals surface area contributed by atoms with Gasteiger partial charge in [-0.2, -0.15) is 4.72 Å². The molecule has 0 saturated heterocycles. The van der Waals surface area contributed by atoms with Crippen molar-refractivity contribution in [3.8, 4) is 0 Å². The van der Waals surface area contributed by atoms with Crippen molar-refractivity contribution >= 4 is 15.9 Å². The second-order valence-corrected chi connectivity index (χ2v) is 5.27. The van der Waals surface area contributed by atoms with E-state index in [9.17, 15) is 8.42 Å². The number of nitrogens with two attached hydrogens (primary N) is 1. The number of oxime groups is 1. The molecule has 0 fully saturated rings. The van der Waals surface area contributed by atoms with Gasteiger partial charge in [0.05, 0.1) is 6.04 Å². The van der Waals surface area contributed by atoms with Crippen LogP contribution in [0.2, 0.25) is 0 Å². The highest BCUT2D eigenvalue weighted by atomic mass is 32.2. The van der Waals surface area contributed by atoms with Crippen molar-refractivity contribution in [2.24, 2.45) is 17.9 Å². The van der Waals surface area contributed by atoms with Crippen LogP contribution in [-0.4, -0.2) is 35.1 Å². The van der Waals surface area contributed by atoms with Crippen LogP contribution in [0.4, 0.5) is 0 Å². The van der Waals surface area contributed by atoms with Gasteiger partial charge in [0.1, 0.15) is 5.82 Å². The van der Waals surface area contributed by atoms with Crippen LogP contribution >= 0.6 is 0 Å². The number of amidine groups is 1. The van der Waals surface area contributed by atoms with E-state index in [1.54, 1.807) is 18.5 Å². The molecule has 17 heavy (non-hydrogen) atoms. The molecular weight excluding hydrogens is 246 g/mol. The lowest BCUT2D eigenvalue weighted by Gasteiger charge is -2.10. The summed E-state index contributed by atoms with van der Waals surface area (Å²) in [5.41, 5.74) is 5.28. The number of hydrogen-bond acceptors (Lipinski definition) is 5. The zero-order valence-electron chi connectivity index (χ0n) is 9.75. The Bertz CT molecular complexity index is 514. The molecule has 0 radical (unpaired) electrons. The summed E-state index contributed by atoms with van der Waals surface area (Å²) in [4.78, 5) is 3.89. The Morgan fingerprint density at radius 3 is 2.71 bits per heavy atom. The van der Waals surface area contributed by atoms with Crippen molar-refractivity contribution in [3.63, 3.8) is 0 Å². The standard InChI is InChI=1S/C8H15N5O3S/c1-5(8(9)11-14)12-17(15,16)7-4-13(3)6(2)10-7/h4-5,12,14H,1-3H3,(H2,9,11). The van der Waals surface area contributed by atoms with Crippen molar-refractivity contribution in [2.75, 3.05) is 0 Å². The van der Waals surface area contributed by atoms with Crippen LogP contribution in [0.1, 0.15) is 12.7 Å². The highest BCUT2D eigenvalue weighted by molar-refractivity contribution is 7.89. The minimum absolute atomic E-state index is 0.102. The lowest BCUT2D eigenvalue weighted by atomic mass is 10.3. The first kappa shape index (κ1) is 13.5. The van der Waals surface area contributed by atoms with Gasteiger partial charge in [-0.1, -0.05) is 5.16 Å². The van der Waals surface area contributed by atoms with Gasteiger partial charge in [0.25, 0.3) is 10.0 Å². The number of aryl methyl sites for hydroxylation is 2. The Hall–Kier alpha value is -1.61. The first-order valence-electron chi connectivity index (χ1n) is 4.77. The maximum Gasteiger partial charge on any atom is 0.260 e. The van der Waals surface area contributed by atoms with E-state index in [4.69, 9.17) is 10.9 Å². The third kappa shape index (κ3) is 2.94. The van der Waals surface area contributed by atoms with Crippen LogP contribution in [-0.2, 0) is 17.1 Å². The highest BCUT2D eigenvalue weighted by Gasteiger charge is 2.22. The van der Waals surface area contributed by atoms with E-state index >= 15 is 0 Å². The van der Waals surface area contributed by atoms with Crippen LogP contribution in [0, 0.1) is 6.92 Å². The summed E-state index contributed by atoms with van der Waals surface area (Å²) in [6, 6.07) is -0.813. The van der Waals surface area contributed by atoms with E-state index in [1.807, 2.05) is 0 Å². The minimum Gasteiger partial charge on any atom is -0.409 e. The Balaban J connectivity index is 2.97. The molecule has 0 aliphatic rings. The van der Waals surface area contributed by atoms with E-state index in [0.29, 0.717) is 5.82 Å². The normalized spacial score (nSPS) is 14.9. The van der Waals surface area contributed by atoms with Crippen molar-refractivity contribution in [3.05, 3.63) is 12.0 Å². The van der Waals surface area contributed by atoms with E-state index in [-0.39, 0.29) is 10.9 Å². The molecule has 4 N–H and O–H groups in total. The highest BCUT2D eigenvalue weighted by Crippen LogP contribution is 2.08. The first-order valence-corrected chi connectivity index (χ1v) is 6.26. The molecular formula is C8H15N5O3S. The molecule has 1 heterocycles. The van der Waals surface area contributed by atoms with Crippen LogP contribution in [0.15, 0.2) is 16.4 Å². The van der Waals surface area contributed by atoms with Crippen molar-refractivity contribution < 1.29 is 13.6 Å². The average Bonchev–Trinajstić information content (AvgIpc) is 2.58. The number of nitrogens with one attached hydrogen (secondary N) is 1. The molecule has 0 bridgehead atoms. The predicted octanol–water partition coefficient (Wildman–Crippen LogP) is -0.858. The number of hydrogen-bond donors (Lipinski definition) is 3. The van der Waals surface area contributed by atoms with E-state index in [2.05, 4.69) is 14.9 Å². The summed E-state index contributed by atoms with van der Waals surface area (Å²) in [6.07, 6.45) is 1.39. The third-order valence-electron chi connectivity index (χ3n) is 2.25. The Kier molecular flexibility index (Phi) is 3.73. The molecule has 0 aromatic carbocycles. The summed E-state index contributed by atoms with van der Waals surface area (Å²) in [5, 5.41) is 11.1. The summed E-state index contributed by atoms with van der Waals surface area (Å²) >= 11 is 0. The molecule has 1 atom stereocenters. The third-order valence-corrected chi connectivity index (χ3v) is 3.66. The van der Waals surface area contributed by atoms with E-state index < -0.39 is 16.1 Å². The second kappa shape index (κ2) is 4.72. The largest absolute Gasteiger partial charge is 0.409 e. The molecule has 1 rings (SSSR count). The number of rotatable bonds is 4. The van der Waals surface area contributed by atoms with Gasteiger partial charge in [-0.25, -0.2) is 13.4 Å². The van der Waals surface area contributed by atoms with Crippen molar-refractivity contribution in [1.29, 1.82) is 0 Å². The fourth-order valence-electron chi connectivity index (χ4n) is 1.10. The van der Waals surface area contributed by atoms with Gasteiger partial charge in [-0.15, -0.1) is 0 Å². The van der Waals surface area contributed by atoms with E-state index in [0.717, 1.165) is 0 Å². The molecule has 1 unspecified atom stereocenters. The summed E-state index contributed by atoms with van der Waals surface area (Å²) in [6.45, 7) is 3.15. The topological polar surface area (TPSA) is 123 Å². The summed E-state index contributed by atoms with van der Waals surface area (Å²) in [7, 11) is -2.08. The number of aromatic nitrogens is 2. The lowest BCUT2D eigenvalue weighted by molar-refractivity contribution is 0.316. The summed E-state index contributed by atoms with van der Waals surface area (Å²) < 4.78 is 27.5. The van der Waals surface area contributed by atoms with Gasteiger partial charge < -0.3 is 15.5 Å². The van der Waals surface area contributed by atoms with Gasteiger partial charge in [-0.3, -0.25) is 0 Å². The van der Waals surface area contributed by atoms with E-state index in [1.165, 1.54) is 13.1 Å². The fraction of sp³-hybridized carbons (Fsp3) is 0.500. The van der Waals surface area contributed by atoms with Gasteiger partial charge in [0.2, 0.25) is 0 Å². The average molecular weight is 261 g/mol. The number of nitrogens with zero attached hydrogens (tertiary/aromatic N) is 3.